The molecule has 9 heteroatoms. The smallest absolute Gasteiger partial charge is 0.337 e. The van der Waals surface area contributed by atoms with Crippen LogP contribution in [0.1, 0.15) is 61.2 Å². The average molecular weight is 463 g/mol. The van der Waals surface area contributed by atoms with Gasteiger partial charge in [-0.1, -0.05) is 12.1 Å². The maximum absolute atomic E-state index is 12.9. The van der Waals surface area contributed by atoms with Crippen LogP contribution < -0.4 is 15.4 Å². The van der Waals surface area contributed by atoms with Gasteiger partial charge in [0.2, 0.25) is 0 Å². The fraction of sp³-hybridized carbons (Fsp3) is 0.280. The summed E-state index contributed by atoms with van der Waals surface area (Å²) in [6.45, 7) is 0.181. The van der Waals surface area contributed by atoms with Gasteiger partial charge in [0.05, 0.1) is 31.0 Å². The first-order chi connectivity index (χ1) is 16.4. The van der Waals surface area contributed by atoms with Gasteiger partial charge in [0, 0.05) is 30.8 Å². The Morgan fingerprint density at radius 2 is 1.79 bits per heavy atom. The molecule has 1 heterocycles. The van der Waals surface area contributed by atoms with E-state index in [0.29, 0.717) is 39.7 Å². The number of anilines is 1. The third kappa shape index (κ3) is 4.93. The standard InChI is InChI=1S/C25H26N4O5/c1-29-21(13-20(28-29)15-7-8-15)24(31)26-14-17-5-4-6-19(22(17)33-2)23(30)27-18-11-9-16(10-12-18)25(32)34-3/h4-6,9-13,15H,7-8,14H2,1-3H3,(H,26,31)(H,27,30). The summed E-state index contributed by atoms with van der Waals surface area (Å²) in [6, 6.07) is 13.4. The van der Waals surface area contributed by atoms with Crippen LogP contribution in [0.4, 0.5) is 5.69 Å². The first-order valence-electron chi connectivity index (χ1n) is 10.9. The summed E-state index contributed by atoms with van der Waals surface area (Å²) < 4.78 is 11.8. The van der Waals surface area contributed by atoms with Crippen molar-refractivity contribution in [3.63, 3.8) is 0 Å². The summed E-state index contributed by atoms with van der Waals surface area (Å²) >= 11 is 0. The van der Waals surface area contributed by atoms with Gasteiger partial charge < -0.3 is 20.1 Å². The molecule has 0 bridgehead atoms. The summed E-state index contributed by atoms with van der Waals surface area (Å²) in [5.74, 6) is -0.250. The second-order valence-corrected chi connectivity index (χ2v) is 8.06. The van der Waals surface area contributed by atoms with E-state index in [0.717, 1.165) is 18.5 Å². The van der Waals surface area contributed by atoms with Crippen LogP contribution >= 0.6 is 0 Å². The number of carbonyl (C=O) groups excluding carboxylic acids is 3. The lowest BCUT2D eigenvalue weighted by Crippen LogP contribution is -2.25. The Hall–Kier alpha value is -4.14. The van der Waals surface area contributed by atoms with Crippen molar-refractivity contribution >= 4 is 23.5 Å². The molecule has 1 saturated carbocycles. The lowest BCUT2D eigenvalue weighted by atomic mass is 10.1. The van der Waals surface area contributed by atoms with Gasteiger partial charge in [-0.15, -0.1) is 0 Å². The molecule has 2 aromatic carbocycles. The van der Waals surface area contributed by atoms with Crippen LogP contribution in [-0.2, 0) is 18.3 Å². The minimum Gasteiger partial charge on any atom is -0.496 e. The molecule has 0 atom stereocenters. The second-order valence-electron chi connectivity index (χ2n) is 8.06. The van der Waals surface area contributed by atoms with Crippen molar-refractivity contribution in [1.82, 2.24) is 15.1 Å². The molecule has 0 saturated heterocycles. The van der Waals surface area contributed by atoms with Crippen molar-refractivity contribution in [1.29, 1.82) is 0 Å². The highest BCUT2D eigenvalue weighted by atomic mass is 16.5. The number of ether oxygens (including phenoxy) is 2. The fourth-order valence-electron chi connectivity index (χ4n) is 3.70. The number of carbonyl (C=O) groups is 3. The molecule has 1 aliphatic rings. The molecule has 176 valence electrons. The molecule has 0 spiro atoms. The molecule has 1 aliphatic carbocycles. The summed E-state index contributed by atoms with van der Waals surface area (Å²) in [5, 5.41) is 10.1. The summed E-state index contributed by atoms with van der Waals surface area (Å²) in [4.78, 5) is 37.2. The third-order valence-electron chi connectivity index (χ3n) is 5.68. The van der Waals surface area contributed by atoms with Crippen LogP contribution in [0, 0.1) is 0 Å². The van der Waals surface area contributed by atoms with Gasteiger partial charge in [-0.25, -0.2) is 4.79 Å². The first kappa shape index (κ1) is 23.0. The number of aryl methyl sites for hydroxylation is 1. The van der Waals surface area contributed by atoms with Crippen LogP contribution in [0.2, 0.25) is 0 Å². The number of esters is 1. The molecule has 9 nitrogen and oxygen atoms in total. The highest BCUT2D eigenvalue weighted by Crippen LogP contribution is 2.39. The Labute approximate surface area is 197 Å². The maximum Gasteiger partial charge on any atom is 0.337 e. The first-order valence-corrected chi connectivity index (χ1v) is 10.9. The lowest BCUT2D eigenvalue weighted by Gasteiger charge is -2.14. The van der Waals surface area contributed by atoms with Crippen molar-refractivity contribution in [2.75, 3.05) is 19.5 Å². The number of benzene rings is 2. The van der Waals surface area contributed by atoms with Gasteiger partial charge in [-0.05, 0) is 49.2 Å². The van der Waals surface area contributed by atoms with E-state index in [1.165, 1.54) is 14.2 Å². The van der Waals surface area contributed by atoms with Gasteiger partial charge >= 0.3 is 5.97 Å². The van der Waals surface area contributed by atoms with E-state index in [-0.39, 0.29) is 18.4 Å². The number of para-hydroxylation sites is 1. The van der Waals surface area contributed by atoms with Gasteiger partial charge in [-0.3, -0.25) is 14.3 Å². The molecular formula is C25H26N4O5. The van der Waals surface area contributed by atoms with Crippen LogP contribution in [0.25, 0.3) is 0 Å². The zero-order chi connectivity index (χ0) is 24.2. The quantitative estimate of drug-likeness (QED) is 0.497. The van der Waals surface area contributed by atoms with Crippen LogP contribution in [-0.4, -0.2) is 41.8 Å². The second kappa shape index (κ2) is 9.78. The van der Waals surface area contributed by atoms with E-state index in [9.17, 15) is 14.4 Å². The molecule has 4 rings (SSSR count). The van der Waals surface area contributed by atoms with Gasteiger partial charge in [0.25, 0.3) is 11.8 Å². The monoisotopic (exact) mass is 462 g/mol. The number of hydrogen-bond donors (Lipinski definition) is 2. The Bertz CT molecular complexity index is 1230. The number of hydrogen-bond acceptors (Lipinski definition) is 6. The van der Waals surface area contributed by atoms with E-state index in [1.807, 2.05) is 6.07 Å². The minimum absolute atomic E-state index is 0.181. The highest BCUT2D eigenvalue weighted by molar-refractivity contribution is 6.06. The van der Waals surface area contributed by atoms with Crippen molar-refractivity contribution in [3.05, 3.63) is 76.6 Å². The molecule has 34 heavy (non-hydrogen) atoms. The number of rotatable bonds is 8. The molecule has 0 unspecified atom stereocenters. The number of nitrogens with zero attached hydrogens (tertiary/aromatic N) is 2. The van der Waals surface area contributed by atoms with E-state index in [1.54, 1.807) is 54.2 Å². The fourth-order valence-corrected chi connectivity index (χ4v) is 3.70. The largest absolute Gasteiger partial charge is 0.496 e. The van der Waals surface area contributed by atoms with Crippen molar-refractivity contribution < 1.29 is 23.9 Å². The van der Waals surface area contributed by atoms with Crippen LogP contribution in [0.5, 0.6) is 5.75 Å². The van der Waals surface area contributed by atoms with Crippen LogP contribution in [0.15, 0.2) is 48.5 Å². The Morgan fingerprint density at radius 3 is 2.44 bits per heavy atom. The summed E-state index contributed by atoms with van der Waals surface area (Å²) in [5.41, 5.74) is 3.32. The summed E-state index contributed by atoms with van der Waals surface area (Å²) in [7, 11) is 4.54. The van der Waals surface area contributed by atoms with Gasteiger partial charge in [-0.2, -0.15) is 5.10 Å². The van der Waals surface area contributed by atoms with E-state index in [4.69, 9.17) is 4.74 Å². The van der Waals surface area contributed by atoms with E-state index < -0.39 is 5.97 Å². The number of aromatic nitrogens is 2. The number of nitrogens with one attached hydrogen (secondary N) is 2. The lowest BCUT2D eigenvalue weighted by molar-refractivity contribution is 0.0600. The molecule has 1 fully saturated rings. The topological polar surface area (TPSA) is 112 Å². The van der Waals surface area contributed by atoms with E-state index >= 15 is 0 Å². The SMILES string of the molecule is COC(=O)c1ccc(NC(=O)c2cccc(CNC(=O)c3cc(C4CC4)nn3C)c2OC)cc1. The Balaban J connectivity index is 1.45. The molecule has 0 radical (unpaired) electrons. The average Bonchev–Trinajstić information content (AvgIpc) is 3.63. The Morgan fingerprint density at radius 1 is 1.06 bits per heavy atom. The molecular weight excluding hydrogens is 436 g/mol. The number of methoxy groups -OCH3 is 2. The molecule has 1 aromatic heterocycles. The molecule has 2 N–H and O–H groups in total. The zero-order valence-corrected chi connectivity index (χ0v) is 19.3. The maximum atomic E-state index is 12.9. The molecule has 3 aromatic rings. The third-order valence-corrected chi connectivity index (χ3v) is 5.68. The van der Waals surface area contributed by atoms with Crippen LogP contribution in [0.3, 0.4) is 0 Å². The van der Waals surface area contributed by atoms with Gasteiger partial charge in [0.15, 0.2) is 0 Å². The van der Waals surface area contributed by atoms with Gasteiger partial charge in [0.1, 0.15) is 11.4 Å². The Kier molecular flexibility index (Phi) is 6.62. The van der Waals surface area contributed by atoms with Crippen molar-refractivity contribution in [2.45, 2.75) is 25.3 Å². The number of amides is 2. The van der Waals surface area contributed by atoms with Crippen molar-refractivity contribution in [2.24, 2.45) is 7.05 Å². The predicted molar refractivity (Wildman–Crippen MR) is 125 cm³/mol. The zero-order valence-electron chi connectivity index (χ0n) is 19.3. The highest BCUT2D eigenvalue weighted by Gasteiger charge is 2.28. The molecule has 2 amide bonds. The minimum atomic E-state index is -0.454. The normalized spacial score (nSPS) is 12.7. The predicted octanol–water partition coefficient (Wildman–Crippen LogP) is 3.28. The summed E-state index contributed by atoms with van der Waals surface area (Å²) in [6.07, 6.45) is 2.22. The van der Waals surface area contributed by atoms with Crippen molar-refractivity contribution in [3.8, 4) is 5.75 Å². The van der Waals surface area contributed by atoms with E-state index in [2.05, 4.69) is 20.5 Å². The molecule has 0 aliphatic heterocycles.